The Kier molecular flexibility index (Phi) is 5.12. The van der Waals surface area contributed by atoms with E-state index in [1.807, 2.05) is 60.7 Å². The Labute approximate surface area is 180 Å². The molecule has 1 atom stereocenters. The number of hydrogen-bond donors (Lipinski definition) is 1. The predicted molar refractivity (Wildman–Crippen MR) is 120 cm³/mol. The maximum absolute atomic E-state index is 12.5. The summed E-state index contributed by atoms with van der Waals surface area (Å²) in [6.45, 7) is 1.74. The molecular formula is C25H23N3O3. The molecule has 3 aromatic carbocycles. The monoisotopic (exact) mass is 413 g/mol. The highest BCUT2D eigenvalue weighted by Gasteiger charge is 2.36. The van der Waals surface area contributed by atoms with Crippen LogP contribution in [0.5, 0.6) is 0 Å². The molecule has 1 amide bonds. The van der Waals surface area contributed by atoms with E-state index in [4.69, 9.17) is 4.74 Å². The number of ether oxygens (including phenoxy) is 1. The van der Waals surface area contributed by atoms with E-state index in [1.54, 1.807) is 4.90 Å². The molecule has 0 saturated carbocycles. The molecule has 0 aliphatic carbocycles. The smallest absolute Gasteiger partial charge is 0.311 e. The Morgan fingerprint density at radius 2 is 1.87 bits per heavy atom. The van der Waals surface area contributed by atoms with Gasteiger partial charge < -0.3 is 15.0 Å². The van der Waals surface area contributed by atoms with E-state index in [0.717, 1.165) is 27.9 Å². The number of carbonyl (C=O) groups excluding carboxylic acids is 2. The fraction of sp³-hybridized carbons (Fsp3) is 0.240. The second kappa shape index (κ2) is 8.22. The van der Waals surface area contributed by atoms with E-state index < -0.39 is 5.92 Å². The van der Waals surface area contributed by atoms with Gasteiger partial charge in [0.1, 0.15) is 12.4 Å². The van der Waals surface area contributed by atoms with Crippen LogP contribution < -0.4 is 10.2 Å². The third kappa shape index (κ3) is 3.89. The molecular weight excluding hydrogens is 390 g/mol. The van der Waals surface area contributed by atoms with E-state index >= 15 is 0 Å². The van der Waals surface area contributed by atoms with Gasteiger partial charge in [-0.2, -0.15) is 0 Å². The maximum Gasteiger partial charge on any atom is 0.311 e. The lowest BCUT2D eigenvalue weighted by molar-refractivity contribution is -0.148. The van der Waals surface area contributed by atoms with Crippen LogP contribution in [0, 0.1) is 5.92 Å². The number of benzene rings is 3. The van der Waals surface area contributed by atoms with Gasteiger partial charge in [0, 0.05) is 24.2 Å². The van der Waals surface area contributed by atoms with Gasteiger partial charge in [-0.05, 0) is 28.5 Å². The number of esters is 1. The van der Waals surface area contributed by atoms with Crippen LogP contribution >= 0.6 is 0 Å². The van der Waals surface area contributed by atoms with E-state index in [9.17, 15) is 9.59 Å². The number of rotatable bonds is 5. The average molecular weight is 413 g/mol. The van der Waals surface area contributed by atoms with Crippen LogP contribution in [0.1, 0.15) is 17.5 Å². The molecule has 6 nitrogen and oxygen atoms in total. The van der Waals surface area contributed by atoms with E-state index in [1.165, 1.54) is 5.56 Å². The van der Waals surface area contributed by atoms with Crippen molar-refractivity contribution in [2.24, 2.45) is 10.9 Å². The molecule has 0 aromatic heterocycles. The lowest BCUT2D eigenvalue weighted by Gasteiger charge is -2.17. The topological polar surface area (TPSA) is 71.0 Å². The van der Waals surface area contributed by atoms with Gasteiger partial charge in [-0.3, -0.25) is 14.6 Å². The average Bonchev–Trinajstić information content (AvgIpc) is 3.40. The number of hydrogen-bond acceptors (Lipinski definition) is 5. The van der Waals surface area contributed by atoms with Gasteiger partial charge in [0.15, 0.2) is 0 Å². The summed E-state index contributed by atoms with van der Waals surface area (Å²) in [6.07, 6.45) is 0.180. The molecule has 0 bridgehead atoms. The fourth-order valence-corrected chi connectivity index (χ4v) is 4.19. The minimum Gasteiger partial charge on any atom is -0.464 e. The molecule has 6 heteroatoms. The van der Waals surface area contributed by atoms with Crippen LogP contribution in [-0.4, -0.2) is 37.4 Å². The van der Waals surface area contributed by atoms with Crippen LogP contribution in [0.4, 0.5) is 5.69 Å². The first kappa shape index (κ1) is 19.3. The van der Waals surface area contributed by atoms with Gasteiger partial charge in [0.2, 0.25) is 5.91 Å². The Hall–Kier alpha value is -3.67. The first-order valence-electron chi connectivity index (χ1n) is 10.5. The van der Waals surface area contributed by atoms with Crippen molar-refractivity contribution >= 4 is 34.2 Å². The van der Waals surface area contributed by atoms with E-state index in [0.29, 0.717) is 19.6 Å². The molecule has 0 radical (unpaired) electrons. The minimum atomic E-state index is -0.441. The molecule has 3 aromatic rings. The summed E-state index contributed by atoms with van der Waals surface area (Å²) in [7, 11) is 0. The predicted octanol–water partition coefficient (Wildman–Crippen LogP) is 3.29. The third-order valence-electron chi connectivity index (χ3n) is 5.82. The van der Waals surface area contributed by atoms with Gasteiger partial charge in [-0.1, -0.05) is 54.6 Å². The largest absolute Gasteiger partial charge is 0.464 e. The van der Waals surface area contributed by atoms with Crippen LogP contribution in [0.2, 0.25) is 0 Å². The molecule has 0 spiro atoms. The number of carbonyl (C=O) groups is 2. The highest BCUT2D eigenvalue weighted by atomic mass is 16.5. The molecule has 2 aliphatic heterocycles. The van der Waals surface area contributed by atoms with Crippen LogP contribution in [0.15, 0.2) is 71.7 Å². The SMILES string of the molecule is O=C(OCCNC1=NCc2ccccc21)C1CC(=O)N(c2ccc3ccccc3c2)C1. The molecule has 156 valence electrons. The maximum atomic E-state index is 12.5. The number of nitrogens with one attached hydrogen (secondary N) is 1. The van der Waals surface area contributed by atoms with Crippen molar-refractivity contribution in [1.29, 1.82) is 0 Å². The normalized spacial score (nSPS) is 17.5. The van der Waals surface area contributed by atoms with Gasteiger partial charge >= 0.3 is 5.97 Å². The quantitative estimate of drug-likeness (QED) is 0.515. The first-order chi connectivity index (χ1) is 15.2. The van der Waals surface area contributed by atoms with E-state index in [2.05, 4.69) is 16.4 Å². The minimum absolute atomic E-state index is 0.0488. The van der Waals surface area contributed by atoms with Crippen molar-refractivity contribution in [2.45, 2.75) is 13.0 Å². The van der Waals surface area contributed by atoms with Gasteiger partial charge in [0.05, 0.1) is 19.0 Å². The zero-order valence-electron chi connectivity index (χ0n) is 17.1. The first-order valence-corrected chi connectivity index (χ1v) is 10.5. The molecule has 5 rings (SSSR count). The molecule has 31 heavy (non-hydrogen) atoms. The second-order valence-corrected chi connectivity index (χ2v) is 7.85. The van der Waals surface area contributed by atoms with Gasteiger partial charge in [-0.15, -0.1) is 0 Å². The van der Waals surface area contributed by atoms with E-state index in [-0.39, 0.29) is 24.9 Å². The molecule has 1 saturated heterocycles. The van der Waals surface area contributed by atoms with Crippen molar-refractivity contribution in [1.82, 2.24) is 5.32 Å². The Bertz CT molecular complexity index is 1190. The number of amidine groups is 1. The van der Waals surface area contributed by atoms with Gasteiger partial charge in [-0.25, -0.2) is 0 Å². The summed E-state index contributed by atoms with van der Waals surface area (Å²) < 4.78 is 5.44. The highest BCUT2D eigenvalue weighted by Crippen LogP contribution is 2.28. The van der Waals surface area contributed by atoms with Crippen molar-refractivity contribution in [3.05, 3.63) is 77.9 Å². The summed E-state index contributed by atoms with van der Waals surface area (Å²) in [5.41, 5.74) is 3.11. The third-order valence-corrected chi connectivity index (χ3v) is 5.82. The molecule has 1 N–H and O–H groups in total. The number of amides is 1. The summed E-state index contributed by atoms with van der Waals surface area (Å²) in [6, 6.07) is 22.0. The van der Waals surface area contributed by atoms with Crippen LogP contribution in [-0.2, 0) is 20.9 Å². The Morgan fingerprint density at radius 1 is 1.06 bits per heavy atom. The lowest BCUT2D eigenvalue weighted by atomic mass is 10.1. The molecule has 1 fully saturated rings. The lowest BCUT2D eigenvalue weighted by Crippen LogP contribution is -2.30. The zero-order chi connectivity index (χ0) is 21.2. The molecule has 2 heterocycles. The zero-order valence-corrected chi connectivity index (χ0v) is 17.1. The fourth-order valence-electron chi connectivity index (χ4n) is 4.19. The number of fused-ring (bicyclic) bond motifs is 2. The summed E-state index contributed by atoms with van der Waals surface area (Å²) in [5.74, 6) is 0.0214. The van der Waals surface area contributed by atoms with Crippen molar-refractivity contribution in [3.8, 4) is 0 Å². The van der Waals surface area contributed by atoms with Crippen molar-refractivity contribution in [3.63, 3.8) is 0 Å². The Morgan fingerprint density at radius 3 is 2.77 bits per heavy atom. The van der Waals surface area contributed by atoms with Crippen LogP contribution in [0.25, 0.3) is 10.8 Å². The standard InChI is InChI=1S/C25H23N3O3/c29-23-14-20(16-28(23)21-10-9-17-5-1-2-6-18(17)13-21)25(30)31-12-11-26-24-22-8-4-3-7-19(22)15-27-24/h1-10,13,20H,11-12,14-16H2,(H,26,27). The van der Waals surface area contributed by atoms with Crippen molar-refractivity contribution < 1.29 is 14.3 Å². The number of anilines is 1. The van der Waals surface area contributed by atoms with Gasteiger partial charge in [0.25, 0.3) is 0 Å². The molecule has 1 unspecified atom stereocenters. The highest BCUT2D eigenvalue weighted by molar-refractivity contribution is 6.02. The molecule has 2 aliphatic rings. The summed E-state index contributed by atoms with van der Waals surface area (Å²) in [4.78, 5) is 31.2. The second-order valence-electron chi connectivity index (χ2n) is 7.85. The summed E-state index contributed by atoms with van der Waals surface area (Å²) in [5, 5.41) is 5.43. The van der Waals surface area contributed by atoms with Crippen LogP contribution in [0.3, 0.4) is 0 Å². The Balaban J connectivity index is 1.14. The van der Waals surface area contributed by atoms with Crippen molar-refractivity contribution in [2.75, 3.05) is 24.6 Å². The number of aliphatic imine (C=N–C) groups is 1. The number of nitrogens with zero attached hydrogens (tertiary/aromatic N) is 2. The summed E-state index contributed by atoms with van der Waals surface area (Å²) >= 11 is 0.